The first kappa shape index (κ1) is 18.7. The monoisotopic (exact) mass is 374 g/mol. The van der Waals surface area contributed by atoms with Crippen LogP contribution in [0.4, 0.5) is 10.5 Å². The molecule has 0 bridgehead atoms. The minimum Gasteiger partial charge on any atom is -0.374 e. The Kier molecular flexibility index (Phi) is 5.95. The van der Waals surface area contributed by atoms with Crippen molar-refractivity contribution in [3.05, 3.63) is 29.8 Å². The van der Waals surface area contributed by atoms with Gasteiger partial charge in [-0.05, 0) is 30.5 Å². The summed E-state index contributed by atoms with van der Waals surface area (Å²) in [5.74, 6) is -0.451. The van der Waals surface area contributed by atoms with E-state index in [-0.39, 0.29) is 6.03 Å². The van der Waals surface area contributed by atoms with Crippen molar-refractivity contribution in [3.63, 3.8) is 0 Å². The fraction of sp³-hybridized carbons (Fsp3) is 0.667. The summed E-state index contributed by atoms with van der Waals surface area (Å²) in [5, 5.41) is 3.02. The molecule has 0 unspecified atom stereocenters. The highest BCUT2D eigenvalue weighted by molar-refractivity contribution is 5.89. The first-order valence-corrected chi connectivity index (χ1v) is 10.3. The van der Waals surface area contributed by atoms with Gasteiger partial charge >= 0.3 is 6.03 Å². The molecule has 4 rings (SSSR count). The molecular weight excluding hydrogens is 344 g/mol. The van der Waals surface area contributed by atoms with E-state index in [0.29, 0.717) is 39.0 Å². The van der Waals surface area contributed by atoms with Crippen molar-refractivity contribution in [1.82, 2.24) is 4.90 Å². The van der Waals surface area contributed by atoms with E-state index in [1.165, 1.54) is 32.1 Å². The quantitative estimate of drug-likeness (QED) is 0.868. The van der Waals surface area contributed by atoms with Crippen molar-refractivity contribution >= 4 is 11.7 Å². The molecule has 3 fully saturated rings. The molecule has 1 aliphatic carbocycles. The van der Waals surface area contributed by atoms with E-state index in [0.717, 1.165) is 24.1 Å². The lowest BCUT2D eigenvalue weighted by molar-refractivity contribution is -0.181. The lowest BCUT2D eigenvalue weighted by Gasteiger charge is -2.37. The molecule has 148 valence electrons. The van der Waals surface area contributed by atoms with Gasteiger partial charge < -0.3 is 24.4 Å². The molecule has 2 amide bonds. The van der Waals surface area contributed by atoms with E-state index in [1.807, 2.05) is 23.1 Å². The van der Waals surface area contributed by atoms with Crippen molar-refractivity contribution in [2.45, 2.75) is 63.4 Å². The van der Waals surface area contributed by atoms with E-state index >= 15 is 0 Å². The van der Waals surface area contributed by atoms with Crippen LogP contribution in [-0.2, 0) is 20.8 Å². The average Bonchev–Trinajstić information content (AvgIpc) is 3.16. The van der Waals surface area contributed by atoms with Gasteiger partial charge in [0.2, 0.25) is 0 Å². The zero-order valence-corrected chi connectivity index (χ0v) is 16.0. The van der Waals surface area contributed by atoms with Crippen LogP contribution in [-0.4, -0.2) is 49.1 Å². The Morgan fingerprint density at radius 1 is 1.15 bits per heavy atom. The lowest BCUT2D eigenvalue weighted by Crippen LogP contribution is -2.48. The van der Waals surface area contributed by atoms with E-state index < -0.39 is 5.79 Å². The van der Waals surface area contributed by atoms with Crippen molar-refractivity contribution in [2.75, 3.05) is 31.6 Å². The van der Waals surface area contributed by atoms with Crippen LogP contribution in [0.15, 0.2) is 24.3 Å². The number of nitrogens with one attached hydrogen (secondary N) is 1. The number of carbonyl (C=O) groups excluding carboxylic acids is 1. The average molecular weight is 374 g/mol. The molecule has 2 aliphatic heterocycles. The number of urea groups is 1. The molecule has 2 heterocycles. The highest BCUT2D eigenvalue weighted by Crippen LogP contribution is 2.31. The number of nitrogens with zero attached hydrogens (tertiary/aromatic N) is 1. The number of benzene rings is 1. The molecule has 1 aromatic carbocycles. The first-order valence-electron chi connectivity index (χ1n) is 10.3. The van der Waals surface area contributed by atoms with Crippen molar-refractivity contribution < 1.29 is 19.0 Å². The molecule has 6 heteroatoms. The molecule has 2 saturated heterocycles. The van der Waals surface area contributed by atoms with Gasteiger partial charge in [-0.2, -0.15) is 0 Å². The van der Waals surface area contributed by atoms with Crippen LogP contribution in [0.2, 0.25) is 0 Å². The Morgan fingerprint density at radius 3 is 2.63 bits per heavy atom. The Morgan fingerprint density at radius 2 is 1.89 bits per heavy atom. The maximum absolute atomic E-state index is 12.6. The number of hydrogen-bond acceptors (Lipinski definition) is 4. The highest BCUT2D eigenvalue weighted by Gasteiger charge is 2.40. The lowest BCUT2D eigenvalue weighted by atomic mass is 9.98. The van der Waals surface area contributed by atoms with E-state index in [9.17, 15) is 4.79 Å². The largest absolute Gasteiger partial charge is 0.374 e. The van der Waals surface area contributed by atoms with Gasteiger partial charge in [-0.3, -0.25) is 0 Å². The summed E-state index contributed by atoms with van der Waals surface area (Å²) < 4.78 is 17.5. The fourth-order valence-corrected chi connectivity index (χ4v) is 4.22. The molecule has 1 N–H and O–H groups in total. The third-order valence-corrected chi connectivity index (χ3v) is 5.84. The standard InChI is InChI=1S/C21H30N2O4/c24-20(23-11-9-21(10-12-23)26-13-14-27-21)22-18-6-4-5-17(15-18)16-25-19-7-2-1-3-8-19/h4-6,15,19H,1-3,7-14,16H2,(H,22,24). The topological polar surface area (TPSA) is 60.0 Å². The van der Waals surface area contributed by atoms with Gasteiger partial charge in [0, 0.05) is 31.6 Å². The molecule has 3 aliphatic rings. The Balaban J connectivity index is 1.27. The number of carbonyl (C=O) groups is 1. The summed E-state index contributed by atoms with van der Waals surface area (Å²) in [6.07, 6.45) is 8.06. The van der Waals surface area contributed by atoms with Crippen LogP contribution >= 0.6 is 0 Å². The Labute approximate surface area is 161 Å². The molecule has 6 nitrogen and oxygen atoms in total. The van der Waals surface area contributed by atoms with Crippen LogP contribution in [0, 0.1) is 0 Å². The minimum absolute atomic E-state index is 0.0619. The normalized spacial score (nSPS) is 22.9. The third kappa shape index (κ3) is 4.81. The molecular formula is C21H30N2O4. The van der Waals surface area contributed by atoms with Crippen molar-refractivity contribution in [1.29, 1.82) is 0 Å². The number of piperidine rings is 1. The maximum atomic E-state index is 12.6. The summed E-state index contributed by atoms with van der Waals surface area (Å²) in [5.41, 5.74) is 1.92. The first-order chi connectivity index (χ1) is 13.2. The summed E-state index contributed by atoms with van der Waals surface area (Å²) in [6, 6.07) is 7.90. The predicted molar refractivity (Wildman–Crippen MR) is 103 cm³/mol. The molecule has 27 heavy (non-hydrogen) atoms. The van der Waals surface area contributed by atoms with E-state index in [2.05, 4.69) is 11.4 Å². The zero-order chi connectivity index (χ0) is 18.5. The molecule has 0 aromatic heterocycles. The van der Waals surface area contributed by atoms with Gasteiger partial charge in [-0.1, -0.05) is 31.4 Å². The number of anilines is 1. The molecule has 1 spiro atoms. The number of ether oxygens (including phenoxy) is 3. The zero-order valence-electron chi connectivity index (χ0n) is 16.0. The van der Waals surface area contributed by atoms with E-state index in [4.69, 9.17) is 14.2 Å². The van der Waals surface area contributed by atoms with Gasteiger partial charge in [0.1, 0.15) is 0 Å². The summed E-state index contributed by atoms with van der Waals surface area (Å²) in [6.45, 7) is 3.21. The van der Waals surface area contributed by atoms with Crippen LogP contribution in [0.5, 0.6) is 0 Å². The van der Waals surface area contributed by atoms with Crippen LogP contribution < -0.4 is 5.32 Å². The molecule has 0 radical (unpaired) electrons. The number of amides is 2. The van der Waals surface area contributed by atoms with Gasteiger partial charge in [-0.25, -0.2) is 4.79 Å². The van der Waals surface area contributed by atoms with Crippen molar-refractivity contribution in [2.24, 2.45) is 0 Å². The van der Waals surface area contributed by atoms with Gasteiger partial charge in [0.15, 0.2) is 5.79 Å². The second kappa shape index (κ2) is 8.59. The summed E-state index contributed by atoms with van der Waals surface area (Å²) >= 11 is 0. The Hall–Kier alpha value is -1.63. The van der Waals surface area contributed by atoms with Gasteiger partial charge in [0.25, 0.3) is 0 Å². The SMILES string of the molecule is O=C(Nc1cccc(COC2CCCCC2)c1)N1CCC2(CC1)OCCO2. The second-order valence-electron chi connectivity index (χ2n) is 7.80. The number of likely N-dealkylation sites (tertiary alicyclic amines) is 1. The van der Waals surface area contributed by atoms with Crippen LogP contribution in [0.1, 0.15) is 50.5 Å². The Bertz CT molecular complexity index is 629. The number of hydrogen-bond donors (Lipinski definition) is 1. The summed E-state index contributed by atoms with van der Waals surface area (Å²) in [7, 11) is 0. The van der Waals surface area contributed by atoms with E-state index in [1.54, 1.807) is 0 Å². The fourth-order valence-electron chi connectivity index (χ4n) is 4.22. The third-order valence-electron chi connectivity index (χ3n) is 5.84. The number of rotatable bonds is 4. The molecule has 1 saturated carbocycles. The van der Waals surface area contributed by atoms with Crippen LogP contribution in [0.3, 0.4) is 0 Å². The van der Waals surface area contributed by atoms with Crippen LogP contribution in [0.25, 0.3) is 0 Å². The predicted octanol–water partition coefficient (Wildman–Crippen LogP) is 3.91. The minimum atomic E-state index is -0.451. The highest BCUT2D eigenvalue weighted by atomic mass is 16.7. The maximum Gasteiger partial charge on any atom is 0.321 e. The van der Waals surface area contributed by atoms with Crippen molar-refractivity contribution in [3.8, 4) is 0 Å². The van der Waals surface area contributed by atoms with Gasteiger partial charge in [-0.15, -0.1) is 0 Å². The van der Waals surface area contributed by atoms with Gasteiger partial charge in [0.05, 0.1) is 25.9 Å². The molecule has 1 aromatic rings. The second-order valence-corrected chi connectivity index (χ2v) is 7.80. The molecule has 0 atom stereocenters. The summed E-state index contributed by atoms with van der Waals surface area (Å²) in [4.78, 5) is 14.4. The smallest absolute Gasteiger partial charge is 0.321 e.